The molecule has 0 heterocycles. The van der Waals surface area contributed by atoms with Crippen molar-refractivity contribution < 1.29 is 23.9 Å². The van der Waals surface area contributed by atoms with Gasteiger partial charge in [-0.3, -0.25) is 9.59 Å². The predicted octanol–water partition coefficient (Wildman–Crippen LogP) is 3.03. The third-order valence-electron chi connectivity index (χ3n) is 5.99. The number of thioether (sulfide) groups is 1. The highest BCUT2D eigenvalue weighted by Gasteiger charge is 2.28. The first-order chi connectivity index (χ1) is 18.7. The van der Waals surface area contributed by atoms with E-state index in [0.717, 1.165) is 11.3 Å². The average Bonchev–Trinajstić information content (AvgIpc) is 2.91. The standard InChI is InChI=1S/C27H35Cl2FN4O4S/c1-39-14-9-23(26(36)33-24(27(37)38)17-18-5-7-20(30)8-6-18)32-25(35)22(31)16-19-3-2-4-21(15-19)34(12-10-28)13-11-29/h2-8,15,22-24H,9-14,16-17,31H2,1H3,(H,32,35)(H,33,36)(H,37,38)/t22-,23-,24-/m0/s1. The minimum atomic E-state index is -1.25. The molecule has 3 atom stereocenters. The van der Waals surface area contributed by atoms with Crippen LogP contribution in [-0.2, 0) is 27.2 Å². The topological polar surface area (TPSA) is 125 Å². The number of hydrogen-bond acceptors (Lipinski definition) is 6. The minimum absolute atomic E-state index is 0.0368. The monoisotopic (exact) mass is 600 g/mol. The van der Waals surface area contributed by atoms with Gasteiger partial charge < -0.3 is 26.4 Å². The average molecular weight is 602 g/mol. The van der Waals surface area contributed by atoms with Gasteiger partial charge in [0.05, 0.1) is 6.04 Å². The van der Waals surface area contributed by atoms with Crippen molar-refractivity contribution in [3.05, 3.63) is 65.5 Å². The number of alkyl halides is 2. The van der Waals surface area contributed by atoms with Crippen LogP contribution in [0.3, 0.4) is 0 Å². The first kappa shape index (κ1) is 32.7. The summed E-state index contributed by atoms with van der Waals surface area (Å²) in [6, 6.07) is 9.80. The largest absolute Gasteiger partial charge is 0.480 e. The summed E-state index contributed by atoms with van der Waals surface area (Å²) >= 11 is 13.3. The van der Waals surface area contributed by atoms with Gasteiger partial charge in [0.25, 0.3) is 0 Å². The fourth-order valence-corrected chi connectivity index (χ4v) is 4.79. The van der Waals surface area contributed by atoms with Crippen LogP contribution in [0.15, 0.2) is 48.5 Å². The van der Waals surface area contributed by atoms with E-state index in [2.05, 4.69) is 10.6 Å². The Bertz CT molecular complexity index is 1070. The molecule has 0 saturated carbocycles. The van der Waals surface area contributed by atoms with Gasteiger partial charge in [0.1, 0.15) is 17.9 Å². The molecule has 2 amide bonds. The van der Waals surface area contributed by atoms with Gasteiger partial charge in [-0.25, -0.2) is 9.18 Å². The third kappa shape index (κ3) is 11.2. The zero-order valence-corrected chi connectivity index (χ0v) is 24.1. The van der Waals surface area contributed by atoms with Gasteiger partial charge in [-0.2, -0.15) is 11.8 Å². The summed E-state index contributed by atoms with van der Waals surface area (Å²) in [7, 11) is 0. The van der Waals surface area contributed by atoms with E-state index in [9.17, 15) is 23.9 Å². The molecule has 39 heavy (non-hydrogen) atoms. The van der Waals surface area contributed by atoms with Crippen LogP contribution >= 0.6 is 35.0 Å². The Morgan fingerprint density at radius 3 is 2.21 bits per heavy atom. The number of benzene rings is 2. The number of carbonyl (C=O) groups is 3. The van der Waals surface area contributed by atoms with Gasteiger partial charge in [0, 0.05) is 37.0 Å². The van der Waals surface area contributed by atoms with Crippen LogP contribution in [0.2, 0.25) is 0 Å². The minimum Gasteiger partial charge on any atom is -0.480 e. The highest BCUT2D eigenvalue weighted by molar-refractivity contribution is 7.98. The van der Waals surface area contributed by atoms with E-state index >= 15 is 0 Å². The molecule has 0 aliphatic carbocycles. The number of aliphatic carboxylic acids is 1. The summed E-state index contributed by atoms with van der Waals surface area (Å²) in [5.74, 6) is -1.39. The molecule has 0 bridgehead atoms. The first-order valence-electron chi connectivity index (χ1n) is 12.5. The van der Waals surface area contributed by atoms with E-state index in [0.29, 0.717) is 36.2 Å². The molecule has 214 valence electrons. The second kappa shape index (κ2) is 17.2. The number of amides is 2. The van der Waals surface area contributed by atoms with E-state index < -0.39 is 41.7 Å². The molecule has 0 aliphatic heterocycles. The zero-order chi connectivity index (χ0) is 28.8. The maximum atomic E-state index is 13.2. The van der Waals surface area contributed by atoms with Crippen molar-refractivity contribution in [1.29, 1.82) is 0 Å². The molecule has 8 nitrogen and oxygen atoms in total. The SMILES string of the molecule is CSCC[C@H](NC(=O)[C@@H](N)Cc1cccc(N(CCCl)CCCl)c1)C(=O)N[C@@H](Cc1ccc(F)cc1)C(=O)O. The molecule has 0 fully saturated rings. The summed E-state index contributed by atoms with van der Waals surface area (Å²) in [5, 5.41) is 14.8. The van der Waals surface area contributed by atoms with E-state index in [1.165, 1.54) is 36.0 Å². The van der Waals surface area contributed by atoms with Gasteiger partial charge >= 0.3 is 5.97 Å². The number of halogens is 3. The van der Waals surface area contributed by atoms with Crippen molar-refractivity contribution in [2.75, 3.05) is 41.8 Å². The molecule has 0 radical (unpaired) electrons. The molecule has 0 aromatic heterocycles. The Hall–Kier alpha value is -2.53. The number of anilines is 1. The molecule has 0 spiro atoms. The van der Waals surface area contributed by atoms with E-state index in [4.69, 9.17) is 28.9 Å². The second-order valence-electron chi connectivity index (χ2n) is 8.92. The van der Waals surface area contributed by atoms with Crippen LogP contribution in [0, 0.1) is 5.82 Å². The lowest BCUT2D eigenvalue weighted by atomic mass is 10.0. The number of nitrogens with two attached hydrogens (primary N) is 1. The summed E-state index contributed by atoms with van der Waals surface area (Å²) in [6.45, 7) is 1.24. The Kier molecular flexibility index (Phi) is 14.4. The Labute approximate surface area is 242 Å². The van der Waals surface area contributed by atoms with Crippen molar-refractivity contribution in [3.63, 3.8) is 0 Å². The van der Waals surface area contributed by atoms with E-state index in [1.54, 1.807) is 0 Å². The lowest BCUT2D eigenvalue weighted by Crippen LogP contribution is -2.55. The maximum Gasteiger partial charge on any atom is 0.326 e. The van der Waals surface area contributed by atoms with Gasteiger partial charge in [0.2, 0.25) is 11.8 Å². The number of hydrogen-bond donors (Lipinski definition) is 4. The summed E-state index contributed by atoms with van der Waals surface area (Å²) in [6.07, 6.45) is 2.34. The normalized spacial score (nSPS) is 13.3. The molecule has 0 unspecified atom stereocenters. The van der Waals surface area contributed by atoms with Crippen LogP contribution < -0.4 is 21.3 Å². The lowest BCUT2D eigenvalue weighted by Gasteiger charge is -2.24. The highest BCUT2D eigenvalue weighted by Crippen LogP contribution is 2.18. The third-order valence-corrected chi connectivity index (χ3v) is 6.97. The van der Waals surface area contributed by atoms with Gasteiger partial charge in [-0.15, -0.1) is 23.2 Å². The first-order valence-corrected chi connectivity index (χ1v) is 14.9. The molecule has 12 heteroatoms. The molecule has 2 rings (SSSR count). The maximum absolute atomic E-state index is 13.2. The molecule has 2 aromatic carbocycles. The summed E-state index contributed by atoms with van der Waals surface area (Å²) in [4.78, 5) is 39.9. The summed E-state index contributed by atoms with van der Waals surface area (Å²) in [5.41, 5.74) is 8.50. The van der Waals surface area contributed by atoms with Crippen molar-refractivity contribution >= 4 is 58.4 Å². The smallest absolute Gasteiger partial charge is 0.326 e. The Morgan fingerprint density at radius 2 is 1.62 bits per heavy atom. The summed E-state index contributed by atoms with van der Waals surface area (Å²) < 4.78 is 13.2. The second-order valence-corrected chi connectivity index (χ2v) is 10.7. The van der Waals surface area contributed by atoms with Gasteiger partial charge in [0.15, 0.2) is 0 Å². The van der Waals surface area contributed by atoms with Crippen LogP contribution in [0.1, 0.15) is 17.5 Å². The Balaban J connectivity index is 2.07. The van der Waals surface area contributed by atoms with Gasteiger partial charge in [-0.05, 0) is 60.2 Å². The molecule has 2 aromatic rings. The molecule has 0 saturated heterocycles. The number of rotatable bonds is 17. The Morgan fingerprint density at radius 1 is 0.974 bits per heavy atom. The molecular weight excluding hydrogens is 566 g/mol. The van der Waals surface area contributed by atoms with Crippen molar-refractivity contribution in [2.45, 2.75) is 37.4 Å². The number of carboxylic acids is 1. The van der Waals surface area contributed by atoms with Crippen LogP contribution in [0.25, 0.3) is 0 Å². The predicted molar refractivity (Wildman–Crippen MR) is 156 cm³/mol. The van der Waals surface area contributed by atoms with Crippen LogP contribution in [0.5, 0.6) is 0 Å². The molecule has 5 N–H and O–H groups in total. The van der Waals surface area contributed by atoms with Crippen molar-refractivity contribution in [2.24, 2.45) is 5.73 Å². The quantitative estimate of drug-likeness (QED) is 0.206. The fourth-order valence-electron chi connectivity index (χ4n) is 3.91. The van der Waals surface area contributed by atoms with Crippen LogP contribution in [-0.4, -0.2) is 77.9 Å². The number of nitrogens with zero attached hydrogens (tertiary/aromatic N) is 1. The van der Waals surface area contributed by atoms with Gasteiger partial charge in [-0.1, -0.05) is 24.3 Å². The van der Waals surface area contributed by atoms with E-state index in [-0.39, 0.29) is 19.3 Å². The van der Waals surface area contributed by atoms with Crippen molar-refractivity contribution in [3.8, 4) is 0 Å². The molecule has 0 aliphatic rings. The van der Waals surface area contributed by atoms with Crippen molar-refractivity contribution in [1.82, 2.24) is 10.6 Å². The van der Waals surface area contributed by atoms with Crippen LogP contribution in [0.4, 0.5) is 10.1 Å². The number of carboxylic acid groups (broad SMARTS) is 1. The molecular formula is C27H35Cl2FN4O4S. The fraction of sp³-hybridized carbons (Fsp3) is 0.444. The number of carbonyl (C=O) groups excluding carboxylic acids is 2. The lowest BCUT2D eigenvalue weighted by molar-refractivity contribution is -0.142. The zero-order valence-electron chi connectivity index (χ0n) is 21.7. The highest BCUT2D eigenvalue weighted by atomic mass is 35.5. The van der Waals surface area contributed by atoms with E-state index in [1.807, 2.05) is 35.4 Å². The number of nitrogens with one attached hydrogen (secondary N) is 2.